The average Bonchev–Trinajstić information content (AvgIpc) is 2.45. The molecule has 7 heteroatoms. The average molecular weight is 248 g/mol. The number of aryl methyl sites for hydroxylation is 1. The maximum Gasteiger partial charge on any atom is 0.215 e. The van der Waals surface area contributed by atoms with Crippen molar-refractivity contribution in [1.29, 1.82) is 0 Å². The number of primary sulfonamides is 1. The Morgan fingerprint density at radius 3 is 2.93 bits per heavy atom. The van der Waals surface area contributed by atoms with Crippen LogP contribution in [0, 0.1) is 0 Å². The molecule has 0 radical (unpaired) electrons. The molecule has 1 aromatic rings. The van der Waals surface area contributed by atoms with Crippen molar-refractivity contribution >= 4 is 21.4 Å². The Bertz CT molecular complexity index is 466. The second-order valence-corrected chi connectivity index (χ2v) is 6.41. The largest absolute Gasteiger partial charge is 0.387 e. The third kappa shape index (κ3) is 2.54. The second kappa shape index (κ2) is 3.82. The summed E-state index contributed by atoms with van der Waals surface area (Å²) in [6, 6.07) is 0. The summed E-state index contributed by atoms with van der Waals surface area (Å²) in [5, 5.41) is 15.0. The van der Waals surface area contributed by atoms with E-state index in [4.69, 9.17) is 5.14 Å². The molecular formula is C8H12N2O3S2. The minimum absolute atomic E-state index is 0.239. The molecule has 2 rings (SSSR count). The van der Waals surface area contributed by atoms with E-state index < -0.39 is 16.1 Å². The number of thiazole rings is 1. The molecule has 0 bridgehead atoms. The van der Waals surface area contributed by atoms with Crippen LogP contribution in [-0.2, 0) is 22.2 Å². The zero-order valence-corrected chi connectivity index (χ0v) is 9.64. The zero-order valence-electron chi connectivity index (χ0n) is 8.01. The fourth-order valence-electron chi connectivity index (χ4n) is 1.68. The lowest BCUT2D eigenvalue weighted by molar-refractivity contribution is 0.153. The molecule has 15 heavy (non-hydrogen) atoms. The monoisotopic (exact) mass is 248 g/mol. The summed E-state index contributed by atoms with van der Waals surface area (Å²) < 4.78 is 21.8. The molecule has 1 heterocycles. The highest BCUT2D eigenvalue weighted by Gasteiger charge is 2.23. The molecular weight excluding hydrogens is 236 g/mol. The number of rotatable bonds is 2. The van der Waals surface area contributed by atoms with E-state index in [1.54, 1.807) is 0 Å². The molecule has 1 aliphatic rings. The first-order chi connectivity index (χ1) is 6.96. The van der Waals surface area contributed by atoms with Gasteiger partial charge in [0.15, 0.2) is 0 Å². The number of hydrogen-bond acceptors (Lipinski definition) is 5. The molecule has 1 aromatic heterocycles. The lowest BCUT2D eigenvalue weighted by Crippen LogP contribution is -2.14. The van der Waals surface area contributed by atoms with E-state index in [-0.39, 0.29) is 5.75 Å². The summed E-state index contributed by atoms with van der Waals surface area (Å²) >= 11 is 1.34. The number of nitrogens with two attached hydrogens (primary N) is 1. The van der Waals surface area contributed by atoms with E-state index in [9.17, 15) is 13.5 Å². The molecule has 0 aliphatic heterocycles. The summed E-state index contributed by atoms with van der Waals surface area (Å²) in [7, 11) is -3.53. The first kappa shape index (κ1) is 11.0. The minimum atomic E-state index is -3.53. The summed E-state index contributed by atoms with van der Waals surface area (Å²) in [4.78, 5) is 5.12. The fraction of sp³-hybridized carbons (Fsp3) is 0.625. The van der Waals surface area contributed by atoms with Gasteiger partial charge in [0.25, 0.3) is 0 Å². The van der Waals surface area contributed by atoms with Gasteiger partial charge in [-0.3, -0.25) is 0 Å². The first-order valence-electron chi connectivity index (χ1n) is 4.63. The molecule has 3 N–H and O–H groups in total. The number of aliphatic hydroxyl groups is 1. The SMILES string of the molecule is NS(=O)(=O)Cc1nc2c(s1)CCCC2O. The third-order valence-electron chi connectivity index (χ3n) is 2.29. The van der Waals surface area contributed by atoms with E-state index in [1.807, 2.05) is 0 Å². The van der Waals surface area contributed by atoms with Crippen molar-refractivity contribution in [2.45, 2.75) is 31.1 Å². The van der Waals surface area contributed by atoms with Gasteiger partial charge in [0.1, 0.15) is 10.8 Å². The number of sulfonamides is 1. The summed E-state index contributed by atoms with van der Waals surface area (Å²) in [6.45, 7) is 0. The Hall–Kier alpha value is -0.500. The summed E-state index contributed by atoms with van der Waals surface area (Å²) in [5.74, 6) is -0.239. The van der Waals surface area contributed by atoms with Gasteiger partial charge in [0.05, 0.1) is 11.8 Å². The van der Waals surface area contributed by atoms with Crippen LogP contribution in [0.1, 0.15) is 34.5 Å². The van der Waals surface area contributed by atoms with Gasteiger partial charge >= 0.3 is 0 Å². The fourth-order valence-corrected chi connectivity index (χ4v) is 3.78. The van der Waals surface area contributed by atoms with Crippen LogP contribution in [0.2, 0.25) is 0 Å². The third-order valence-corrected chi connectivity index (χ3v) is 4.28. The molecule has 0 spiro atoms. The van der Waals surface area contributed by atoms with Gasteiger partial charge in [-0.05, 0) is 19.3 Å². The van der Waals surface area contributed by atoms with Crippen molar-refractivity contribution < 1.29 is 13.5 Å². The van der Waals surface area contributed by atoms with E-state index in [2.05, 4.69) is 4.98 Å². The number of fused-ring (bicyclic) bond motifs is 1. The van der Waals surface area contributed by atoms with Crippen LogP contribution in [0.15, 0.2) is 0 Å². The lowest BCUT2D eigenvalue weighted by atomic mass is 10.0. The van der Waals surface area contributed by atoms with Gasteiger partial charge in [-0.1, -0.05) is 0 Å². The molecule has 0 aromatic carbocycles. The van der Waals surface area contributed by atoms with Gasteiger partial charge in [-0.25, -0.2) is 18.5 Å². The summed E-state index contributed by atoms with van der Waals surface area (Å²) in [5.41, 5.74) is 0.643. The predicted molar refractivity (Wildman–Crippen MR) is 56.8 cm³/mol. The smallest absolute Gasteiger partial charge is 0.215 e. The van der Waals surface area contributed by atoms with E-state index in [1.165, 1.54) is 11.3 Å². The van der Waals surface area contributed by atoms with Gasteiger partial charge in [-0.2, -0.15) is 0 Å². The number of hydrogen-bond donors (Lipinski definition) is 2. The highest BCUT2D eigenvalue weighted by molar-refractivity contribution is 7.88. The van der Waals surface area contributed by atoms with Crippen molar-refractivity contribution in [1.82, 2.24) is 4.98 Å². The molecule has 0 saturated carbocycles. The van der Waals surface area contributed by atoms with Gasteiger partial charge < -0.3 is 5.11 Å². The van der Waals surface area contributed by atoms with Crippen molar-refractivity contribution in [3.05, 3.63) is 15.6 Å². The topological polar surface area (TPSA) is 93.3 Å². The molecule has 1 aliphatic carbocycles. The van der Waals surface area contributed by atoms with Crippen LogP contribution in [0.4, 0.5) is 0 Å². The van der Waals surface area contributed by atoms with Gasteiger partial charge in [0, 0.05) is 4.88 Å². The molecule has 0 amide bonds. The molecule has 0 fully saturated rings. The van der Waals surface area contributed by atoms with E-state index in [0.29, 0.717) is 17.1 Å². The van der Waals surface area contributed by atoms with Crippen molar-refractivity contribution in [2.24, 2.45) is 5.14 Å². The van der Waals surface area contributed by atoms with Crippen LogP contribution in [-0.4, -0.2) is 18.5 Å². The van der Waals surface area contributed by atoms with Crippen LogP contribution in [0.3, 0.4) is 0 Å². The number of aliphatic hydroxyl groups excluding tert-OH is 1. The van der Waals surface area contributed by atoms with Crippen LogP contribution >= 0.6 is 11.3 Å². The Kier molecular flexibility index (Phi) is 2.80. The normalized spacial score (nSPS) is 21.3. The maximum atomic E-state index is 10.9. The quantitative estimate of drug-likeness (QED) is 0.787. The molecule has 84 valence electrons. The Morgan fingerprint density at radius 1 is 1.60 bits per heavy atom. The molecule has 5 nitrogen and oxygen atoms in total. The number of aromatic nitrogens is 1. The van der Waals surface area contributed by atoms with Crippen molar-refractivity contribution in [2.75, 3.05) is 0 Å². The lowest BCUT2D eigenvalue weighted by Gasteiger charge is -2.14. The second-order valence-electron chi connectivity index (χ2n) is 3.63. The van der Waals surface area contributed by atoms with Gasteiger partial charge in [-0.15, -0.1) is 11.3 Å². The summed E-state index contributed by atoms with van der Waals surface area (Å²) in [6.07, 6.45) is 1.95. The Morgan fingerprint density at radius 2 is 2.33 bits per heavy atom. The highest BCUT2D eigenvalue weighted by atomic mass is 32.2. The molecule has 0 saturated heterocycles. The minimum Gasteiger partial charge on any atom is -0.387 e. The van der Waals surface area contributed by atoms with E-state index in [0.717, 1.165) is 17.7 Å². The highest BCUT2D eigenvalue weighted by Crippen LogP contribution is 2.33. The predicted octanol–water partition coefficient (Wildman–Crippen LogP) is 0.301. The van der Waals surface area contributed by atoms with Crippen LogP contribution < -0.4 is 5.14 Å². The maximum absolute atomic E-state index is 10.9. The Labute approximate surface area is 92.0 Å². The molecule has 1 unspecified atom stereocenters. The van der Waals surface area contributed by atoms with Crippen molar-refractivity contribution in [3.63, 3.8) is 0 Å². The van der Waals surface area contributed by atoms with Crippen molar-refractivity contribution in [3.8, 4) is 0 Å². The van der Waals surface area contributed by atoms with Gasteiger partial charge in [0.2, 0.25) is 10.0 Å². The number of nitrogens with zero attached hydrogens (tertiary/aromatic N) is 1. The zero-order chi connectivity index (χ0) is 11.1. The Balaban J connectivity index is 2.29. The first-order valence-corrected chi connectivity index (χ1v) is 7.16. The van der Waals surface area contributed by atoms with Crippen LogP contribution in [0.5, 0.6) is 0 Å². The van der Waals surface area contributed by atoms with Crippen LogP contribution in [0.25, 0.3) is 0 Å². The van der Waals surface area contributed by atoms with E-state index >= 15 is 0 Å². The molecule has 1 atom stereocenters. The standard InChI is InChI=1S/C8H12N2O3S2/c9-15(12,13)4-7-10-8-5(11)2-1-3-6(8)14-7/h5,11H,1-4H2,(H2,9,12,13).